The zero-order chi connectivity index (χ0) is 30.9. The molecule has 4 amide bonds. The summed E-state index contributed by atoms with van der Waals surface area (Å²) in [5, 5.41) is 33.8. The van der Waals surface area contributed by atoms with E-state index in [-0.39, 0.29) is 17.3 Å². The zero-order valence-electron chi connectivity index (χ0n) is 23.5. The molecule has 5 rings (SSSR count). The van der Waals surface area contributed by atoms with Crippen molar-refractivity contribution in [1.29, 1.82) is 0 Å². The molecule has 1 aromatic carbocycles. The first-order chi connectivity index (χ1) is 20.5. The molecule has 1 unspecified atom stereocenters. The molecule has 0 bridgehead atoms. The molecule has 3 aromatic heterocycles. The van der Waals surface area contributed by atoms with Gasteiger partial charge in [0, 0.05) is 30.1 Å². The van der Waals surface area contributed by atoms with Crippen LogP contribution in [0.15, 0.2) is 65.3 Å². The second kappa shape index (κ2) is 11.4. The summed E-state index contributed by atoms with van der Waals surface area (Å²) in [6.07, 6.45) is 3.05. The van der Waals surface area contributed by atoms with E-state index in [9.17, 15) is 29.4 Å². The van der Waals surface area contributed by atoms with Crippen molar-refractivity contribution in [2.75, 3.05) is 6.54 Å². The minimum Gasteiger partial charge on any atom is -0.494 e. The number of aromatic nitrogens is 4. The highest BCUT2D eigenvalue weighted by Gasteiger charge is 2.56. The number of nitrogens with zero attached hydrogens (tertiary/aromatic N) is 5. The smallest absolute Gasteiger partial charge is 0.327 e. The van der Waals surface area contributed by atoms with Crippen LogP contribution in [0, 0.1) is 12.8 Å². The second-order valence-electron chi connectivity index (χ2n) is 10.5. The Hall–Kier alpha value is -5.53. The summed E-state index contributed by atoms with van der Waals surface area (Å²) >= 11 is 0. The molecular weight excluding hydrogens is 558 g/mol. The van der Waals surface area contributed by atoms with Crippen molar-refractivity contribution in [3.8, 4) is 11.8 Å². The number of pyridine rings is 1. The Balaban J connectivity index is 1.34. The summed E-state index contributed by atoms with van der Waals surface area (Å²) in [5.74, 6) is -3.90. The van der Waals surface area contributed by atoms with Crippen LogP contribution in [0.25, 0.3) is 0 Å². The lowest BCUT2D eigenvalue weighted by Crippen LogP contribution is -2.51. The van der Waals surface area contributed by atoms with Crippen LogP contribution in [-0.2, 0) is 21.7 Å². The van der Waals surface area contributed by atoms with Gasteiger partial charge < -0.3 is 25.3 Å². The molecule has 2 atom stereocenters. The van der Waals surface area contributed by atoms with Gasteiger partial charge in [0.05, 0.1) is 12.5 Å². The van der Waals surface area contributed by atoms with Gasteiger partial charge in [-0.15, -0.1) is 10.2 Å². The lowest BCUT2D eigenvalue weighted by atomic mass is 9.99. The lowest BCUT2D eigenvalue weighted by Gasteiger charge is -2.30. The molecule has 222 valence electrons. The van der Waals surface area contributed by atoms with Crippen LogP contribution in [0.4, 0.5) is 4.79 Å². The van der Waals surface area contributed by atoms with Crippen molar-refractivity contribution in [1.82, 2.24) is 35.3 Å². The Morgan fingerprint density at radius 2 is 1.74 bits per heavy atom. The highest BCUT2D eigenvalue weighted by atomic mass is 16.4. The van der Waals surface area contributed by atoms with Gasteiger partial charge in [0.1, 0.15) is 6.54 Å². The first-order valence-corrected chi connectivity index (χ1v) is 13.4. The molecule has 1 saturated heterocycles. The second-order valence-corrected chi connectivity index (χ2v) is 10.5. The number of aromatic hydroxyl groups is 2. The van der Waals surface area contributed by atoms with Crippen LogP contribution in [0.2, 0.25) is 0 Å². The van der Waals surface area contributed by atoms with E-state index in [0.717, 1.165) is 27.8 Å². The zero-order valence-corrected chi connectivity index (χ0v) is 23.5. The molecule has 43 heavy (non-hydrogen) atoms. The molecule has 0 saturated carbocycles. The fourth-order valence-corrected chi connectivity index (χ4v) is 4.99. The minimum atomic E-state index is -2.11. The van der Waals surface area contributed by atoms with E-state index in [2.05, 4.69) is 25.8 Å². The van der Waals surface area contributed by atoms with Crippen molar-refractivity contribution in [3.05, 3.63) is 89.4 Å². The van der Waals surface area contributed by atoms with Gasteiger partial charge in [0.2, 0.25) is 23.2 Å². The quantitative estimate of drug-likeness (QED) is 0.157. The van der Waals surface area contributed by atoms with Gasteiger partial charge >= 0.3 is 6.03 Å². The largest absolute Gasteiger partial charge is 0.494 e. The first kappa shape index (κ1) is 29.0. The number of Topliss-reactive ketones (excluding diaryl/α,β-unsaturated/α-hetero) is 1. The lowest BCUT2D eigenvalue weighted by molar-refractivity contribution is -0.136. The third kappa shape index (κ3) is 5.41. The van der Waals surface area contributed by atoms with Crippen LogP contribution in [-0.4, -0.2) is 71.1 Å². The number of carbonyl (C=O) groups is 4. The predicted molar refractivity (Wildman–Crippen MR) is 149 cm³/mol. The molecule has 0 spiro atoms. The summed E-state index contributed by atoms with van der Waals surface area (Å²) < 4.78 is 6.44. The molecule has 14 nitrogen and oxygen atoms in total. The number of amides is 4. The summed E-state index contributed by atoms with van der Waals surface area (Å²) in [6, 6.07) is 10.8. The number of aryl methyl sites for hydroxylation is 1. The predicted octanol–water partition coefficient (Wildman–Crippen LogP) is 1.85. The number of ketones is 1. The fraction of sp³-hybridized carbons (Fsp3) is 0.276. The number of carbonyl (C=O) groups excluding carboxylic acids is 4. The average molecular weight is 588 g/mol. The molecule has 14 heteroatoms. The molecule has 4 aromatic rings. The molecule has 1 fully saturated rings. The number of urea groups is 1. The van der Waals surface area contributed by atoms with Crippen LogP contribution < -0.4 is 10.6 Å². The van der Waals surface area contributed by atoms with Crippen molar-refractivity contribution in [2.24, 2.45) is 5.92 Å². The Bertz CT molecular complexity index is 1680. The topological polar surface area (TPSA) is 193 Å². The number of benzene rings is 1. The molecule has 0 aliphatic carbocycles. The van der Waals surface area contributed by atoms with Gasteiger partial charge in [0.25, 0.3) is 11.8 Å². The molecule has 4 heterocycles. The van der Waals surface area contributed by atoms with Gasteiger partial charge in [-0.25, -0.2) is 9.36 Å². The molecular formula is C29H29N7O7. The number of imide groups is 1. The fourth-order valence-electron chi connectivity index (χ4n) is 4.99. The van der Waals surface area contributed by atoms with E-state index in [0.29, 0.717) is 11.3 Å². The van der Waals surface area contributed by atoms with Gasteiger partial charge in [-0.1, -0.05) is 43.7 Å². The third-order valence-electron chi connectivity index (χ3n) is 7.04. The van der Waals surface area contributed by atoms with Crippen LogP contribution in [0.3, 0.4) is 0 Å². The van der Waals surface area contributed by atoms with Gasteiger partial charge in [-0.05, 0) is 30.5 Å². The molecule has 1 aliphatic rings. The number of hydrogen-bond donors (Lipinski definition) is 4. The van der Waals surface area contributed by atoms with Crippen molar-refractivity contribution in [2.45, 2.75) is 38.9 Å². The van der Waals surface area contributed by atoms with Crippen molar-refractivity contribution >= 4 is 23.6 Å². The number of nitrogens with one attached hydrogen (secondary N) is 2. The highest BCUT2D eigenvalue weighted by Crippen LogP contribution is 2.38. The first-order valence-electron chi connectivity index (χ1n) is 13.4. The van der Waals surface area contributed by atoms with Crippen LogP contribution in [0.5, 0.6) is 11.8 Å². The van der Waals surface area contributed by atoms with Crippen LogP contribution in [0.1, 0.15) is 47.1 Å². The Labute approximate surface area is 245 Å². The van der Waals surface area contributed by atoms with Gasteiger partial charge in [-0.2, -0.15) is 0 Å². The van der Waals surface area contributed by atoms with E-state index in [4.69, 9.17) is 4.42 Å². The van der Waals surface area contributed by atoms with E-state index in [1.807, 2.05) is 31.2 Å². The van der Waals surface area contributed by atoms with Gasteiger partial charge in [-0.3, -0.25) is 24.3 Å². The Morgan fingerprint density at radius 3 is 2.40 bits per heavy atom. The van der Waals surface area contributed by atoms with Gasteiger partial charge in [0.15, 0.2) is 11.8 Å². The normalized spacial score (nSPS) is 17.3. The minimum absolute atomic E-state index is 0.165. The van der Waals surface area contributed by atoms with E-state index in [1.165, 1.54) is 24.5 Å². The monoisotopic (exact) mass is 587 g/mol. The van der Waals surface area contributed by atoms with Crippen LogP contribution >= 0.6 is 0 Å². The summed E-state index contributed by atoms with van der Waals surface area (Å²) in [7, 11) is 0. The maximum atomic E-state index is 13.8. The number of hydrogen-bond acceptors (Lipinski definition) is 10. The SMILES string of the molecule is Cc1cccc(Cc2nnc(C(=O)[C@@H](NC(=O)CN3C(=O)NC(c4ccncc4)(n4c(O)ccc4O)C3=O)C(C)C)o2)c1. The summed E-state index contributed by atoms with van der Waals surface area (Å²) in [4.78, 5) is 57.9. The summed E-state index contributed by atoms with van der Waals surface area (Å²) in [5.41, 5.74) is 0.0388. The standard InChI is InChI=1S/C29H29N7O7/c1-16(2)24(25(40)26-34-33-21(43-26)14-18-6-4-5-17(3)13-18)31-20(37)15-35-27(41)29(32-28(35)42,19-9-11-30-12-10-19)36-22(38)7-8-23(36)39/h4-13,16,24,38-39H,14-15H2,1-3H3,(H,31,37)(H,32,42)/t24-,29?/m0/s1. The highest BCUT2D eigenvalue weighted by molar-refractivity contribution is 6.10. The Morgan fingerprint density at radius 1 is 1.05 bits per heavy atom. The van der Waals surface area contributed by atoms with Crippen molar-refractivity contribution in [3.63, 3.8) is 0 Å². The molecule has 4 N–H and O–H groups in total. The average Bonchev–Trinajstić information content (AvgIpc) is 3.64. The van der Waals surface area contributed by atoms with Crippen molar-refractivity contribution < 1.29 is 33.8 Å². The van der Waals surface area contributed by atoms with E-state index in [1.54, 1.807) is 13.8 Å². The Kier molecular flexibility index (Phi) is 7.68. The third-order valence-corrected chi connectivity index (χ3v) is 7.04. The van der Waals surface area contributed by atoms with E-state index >= 15 is 0 Å². The summed E-state index contributed by atoms with van der Waals surface area (Å²) in [6.45, 7) is 4.59. The van der Waals surface area contributed by atoms with E-state index < -0.39 is 59.6 Å². The number of rotatable bonds is 10. The maximum absolute atomic E-state index is 13.8. The molecule has 1 aliphatic heterocycles. The molecule has 0 radical (unpaired) electrons. The maximum Gasteiger partial charge on any atom is 0.327 e.